The summed E-state index contributed by atoms with van der Waals surface area (Å²) in [5, 5.41) is 0.0436. The van der Waals surface area contributed by atoms with Crippen LogP contribution in [0.15, 0.2) is 42.5 Å². The Morgan fingerprint density at radius 2 is 1.55 bits per heavy atom. The van der Waals surface area contributed by atoms with E-state index in [1.54, 1.807) is 6.07 Å². The maximum atomic E-state index is 13.6. The van der Waals surface area contributed by atoms with Crippen molar-refractivity contribution >= 4 is 21.4 Å². The molecule has 6 heteroatoms. The number of benzene rings is 2. The predicted molar refractivity (Wildman–Crippen MR) is 74.1 cm³/mol. The Labute approximate surface area is 120 Å². The molecule has 0 aromatic heterocycles. The van der Waals surface area contributed by atoms with Crippen LogP contribution in [0.4, 0.5) is 8.78 Å². The Bertz CT molecular complexity index is 709. The first-order chi connectivity index (χ1) is 9.39. The monoisotopic (exact) mass is 316 g/mol. The van der Waals surface area contributed by atoms with Gasteiger partial charge in [0.15, 0.2) is 9.84 Å². The minimum Gasteiger partial charge on any atom is -0.228 e. The van der Waals surface area contributed by atoms with Crippen LogP contribution in [-0.2, 0) is 21.3 Å². The maximum absolute atomic E-state index is 13.6. The molecule has 0 atom stereocenters. The van der Waals surface area contributed by atoms with Crippen molar-refractivity contribution in [3.63, 3.8) is 0 Å². The van der Waals surface area contributed by atoms with E-state index in [-0.39, 0.29) is 16.1 Å². The second kappa shape index (κ2) is 5.89. The molecule has 0 heterocycles. The van der Waals surface area contributed by atoms with Crippen LogP contribution >= 0.6 is 11.6 Å². The summed E-state index contributed by atoms with van der Waals surface area (Å²) < 4.78 is 51.1. The molecule has 0 aliphatic carbocycles. The third-order valence-electron chi connectivity index (χ3n) is 2.76. The lowest BCUT2D eigenvalue weighted by Gasteiger charge is -2.08. The lowest BCUT2D eigenvalue weighted by atomic mass is 10.2. The Balaban J connectivity index is 2.27. The molecule has 0 saturated heterocycles. The van der Waals surface area contributed by atoms with Crippen LogP contribution in [0.25, 0.3) is 0 Å². The minimum absolute atomic E-state index is 0.0436. The molecule has 0 saturated carbocycles. The van der Waals surface area contributed by atoms with Crippen molar-refractivity contribution in [2.75, 3.05) is 0 Å². The molecule has 0 radical (unpaired) electrons. The lowest BCUT2D eigenvalue weighted by molar-refractivity contribution is 0.580. The molecule has 2 nitrogen and oxygen atoms in total. The topological polar surface area (TPSA) is 34.1 Å². The van der Waals surface area contributed by atoms with Gasteiger partial charge in [-0.05, 0) is 18.2 Å². The van der Waals surface area contributed by atoms with Crippen LogP contribution in [0.3, 0.4) is 0 Å². The second-order valence-electron chi connectivity index (χ2n) is 4.32. The van der Waals surface area contributed by atoms with Gasteiger partial charge in [-0.3, -0.25) is 0 Å². The molecule has 0 N–H and O–H groups in total. The molecule has 106 valence electrons. The molecule has 20 heavy (non-hydrogen) atoms. The highest BCUT2D eigenvalue weighted by molar-refractivity contribution is 7.89. The smallest absolute Gasteiger partial charge is 0.158 e. The van der Waals surface area contributed by atoms with E-state index in [1.807, 2.05) is 0 Å². The van der Waals surface area contributed by atoms with Crippen LogP contribution in [0.5, 0.6) is 0 Å². The fourth-order valence-corrected chi connectivity index (χ4v) is 3.65. The second-order valence-corrected chi connectivity index (χ2v) is 6.80. The van der Waals surface area contributed by atoms with Gasteiger partial charge in [0.05, 0.1) is 11.5 Å². The molecule has 0 bridgehead atoms. The summed E-state index contributed by atoms with van der Waals surface area (Å²) in [4.78, 5) is 0. The number of hydrogen-bond donors (Lipinski definition) is 0. The molecule has 2 aromatic rings. The van der Waals surface area contributed by atoms with E-state index in [2.05, 4.69) is 0 Å². The Kier molecular flexibility index (Phi) is 4.40. The summed E-state index contributed by atoms with van der Waals surface area (Å²) in [6.07, 6.45) is 0. The summed E-state index contributed by atoms with van der Waals surface area (Å²) in [7, 11) is -3.72. The highest BCUT2D eigenvalue weighted by Crippen LogP contribution is 2.23. The van der Waals surface area contributed by atoms with Crippen LogP contribution < -0.4 is 0 Å². The largest absolute Gasteiger partial charge is 0.228 e. The van der Waals surface area contributed by atoms with Crippen LogP contribution in [-0.4, -0.2) is 8.42 Å². The van der Waals surface area contributed by atoms with E-state index < -0.39 is 33.0 Å². The molecule has 2 aromatic carbocycles. The van der Waals surface area contributed by atoms with Gasteiger partial charge in [0.1, 0.15) is 11.6 Å². The lowest BCUT2D eigenvalue weighted by Crippen LogP contribution is -2.10. The minimum atomic E-state index is -3.72. The van der Waals surface area contributed by atoms with Crippen molar-refractivity contribution in [3.05, 3.63) is 70.2 Å². The van der Waals surface area contributed by atoms with Crippen LogP contribution in [0, 0.1) is 11.6 Å². The first-order valence-electron chi connectivity index (χ1n) is 5.76. The summed E-state index contributed by atoms with van der Waals surface area (Å²) in [6, 6.07) is 9.53. The third kappa shape index (κ3) is 3.55. The highest BCUT2D eigenvalue weighted by atomic mass is 35.5. The fraction of sp³-hybridized carbons (Fsp3) is 0.143. The van der Waals surface area contributed by atoms with Gasteiger partial charge in [0.25, 0.3) is 0 Å². The van der Waals surface area contributed by atoms with Crippen molar-refractivity contribution in [2.45, 2.75) is 11.5 Å². The molecule has 0 fully saturated rings. The number of rotatable bonds is 4. The van der Waals surface area contributed by atoms with Crippen LogP contribution in [0.2, 0.25) is 5.02 Å². The van der Waals surface area contributed by atoms with Crippen molar-refractivity contribution in [1.82, 2.24) is 0 Å². The summed E-state index contributed by atoms with van der Waals surface area (Å²) in [5.74, 6) is -2.35. The quantitative estimate of drug-likeness (QED) is 0.861. The molecule has 2 rings (SSSR count). The summed E-state index contributed by atoms with van der Waals surface area (Å²) in [6.45, 7) is 0. The highest BCUT2D eigenvalue weighted by Gasteiger charge is 2.19. The molecular weight excluding hydrogens is 306 g/mol. The average molecular weight is 317 g/mol. The Hall–Kier alpha value is -1.46. The van der Waals surface area contributed by atoms with Gasteiger partial charge in [-0.25, -0.2) is 17.2 Å². The number of sulfone groups is 1. The number of hydrogen-bond acceptors (Lipinski definition) is 2. The predicted octanol–water partition coefficient (Wildman–Crippen LogP) is 3.73. The van der Waals surface area contributed by atoms with E-state index >= 15 is 0 Å². The molecule has 0 aliphatic rings. The van der Waals surface area contributed by atoms with Gasteiger partial charge in [0.2, 0.25) is 0 Å². The SMILES string of the molecule is O=S(=O)(Cc1ccccc1F)Cc1c(F)cccc1Cl. The molecular formula is C14H11ClF2O2S. The van der Waals surface area contributed by atoms with Gasteiger partial charge in [0, 0.05) is 16.1 Å². The molecule has 0 spiro atoms. The fourth-order valence-electron chi connectivity index (χ4n) is 1.79. The normalized spacial score (nSPS) is 11.6. The van der Waals surface area contributed by atoms with Gasteiger partial charge < -0.3 is 0 Å². The van der Waals surface area contributed by atoms with Crippen LogP contribution in [0.1, 0.15) is 11.1 Å². The number of halogens is 3. The van der Waals surface area contributed by atoms with E-state index in [4.69, 9.17) is 11.6 Å². The van der Waals surface area contributed by atoms with Crippen molar-refractivity contribution in [3.8, 4) is 0 Å². The van der Waals surface area contributed by atoms with Gasteiger partial charge in [-0.2, -0.15) is 0 Å². The third-order valence-corrected chi connectivity index (χ3v) is 4.59. The van der Waals surface area contributed by atoms with Gasteiger partial charge in [-0.1, -0.05) is 35.9 Å². The standard InChI is InChI=1S/C14H11ClF2O2S/c15-12-5-3-7-14(17)11(12)9-20(18,19)8-10-4-1-2-6-13(10)16/h1-7H,8-9H2. The average Bonchev–Trinajstić information content (AvgIpc) is 2.37. The van der Waals surface area contributed by atoms with E-state index in [0.717, 1.165) is 6.07 Å². The summed E-state index contributed by atoms with van der Waals surface area (Å²) in [5.41, 5.74) is -0.0366. The van der Waals surface area contributed by atoms with Crippen molar-refractivity contribution in [2.24, 2.45) is 0 Å². The zero-order chi connectivity index (χ0) is 14.8. The molecule has 0 unspecified atom stereocenters. The van der Waals surface area contributed by atoms with E-state index in [1.165, 1.54) is 30.3 Å². The summed E-state index contributed by atoms with van der Waals surface area (Å²) >= 11 is 5.79. The van der Waals surface area contributed by atoms with Crippen molar-refractivity contribution in [1.29, 1.82) is 0 Å². The molecule has 0 aliphatic heterocycles. The van der Waals surface area contributed by atoms with Gasteiger partial charge >= 0.3 is 0 Å². The zero-order valence-corrected chi connectivity index (χ0v) is 11.9. The zero-order valence-electron chi connectivity index (χ0n) is 10.3. The van der Waals surface area contributed by atoms with Crippen molar-refractivity contribution < 1.29 is 17.2 Å². The first kappa shape index (κ1) is 14.9. The maximum Gasteiger partial charge on any atom is 0.158 e. The van der Waals surface area contributed by atoms with E-state index in [9.17, 15) is 17.2 Å². The van der Waals surface area contributed by atoms with Gasteiger partial charge in [-0.15, -0.1) is 0 Å². The molecule has 0 amide bonds. The first-order valence-corrected chi connectivity index (χ1v) is 7.96. The van der Waals surface area contributed by atoms with E-state index in [0.29, 0.717) is 0 Å². The Morgan fingerprint density at radius 1 is 0.900 bits per heavy atom. The Morgan fingerprint density at radius 3 is 2.20 bits per heavy atom.